The molecule has 3 rings (SSSR count). The van der Waals surface area contributed by atoms with Crippen molar-refractivity contribution in [2.45, 2.75) is 110 Å². The number of amides is 4. The molecule has 1 aliphatic carbocycles. The van der Waals surface area contributed by atoms with Crippen LogP contribution in [0.4, 0.5) is 0 Å². The van der Waals surface area contributed by atoms with Gasteiger partial charge in [0.25, 0.3) is 0 Å². The van der Waals surface area contributed by atoms with E-state index in [4.69, 9.17) is 9.47 Å². The fourth-order valence-electron chi connectivity index (χ4n) is 7.69. The Labute approximate surface area is 301 Å². The van der Waals surface area contributed by atoms with Gasteiger partial charge < -0.3 is 35.2 Å². The third kappa shape index (κ3) is 10.5. The lowest BCUT2D eigenvalue weighted by molar-refractivity contribution is -0.148. The zero-order valence-electron chi connectivity index (χ0n) is 32.1. The van der Waals surface area contributed by atoms with Crippen molar-refractivity contribution in [3.63, 3.8) is 0 Å². The molecular formula is C39H65N5O6. The van der Waals surface area contributed by atoms with E-state index in [0.717, 1.165) is 38.6 Å². The van der Waals surface area contributed by atoms with E-state index in [-0.39, 0.29) is 53.8 Å². The first-order valence-electron chi connectivity index (χ1n) is 18.7. The van der Waals surface area contributed by atoms with Gasteiger partial charge in [-0.25, -0.2) is 0 Å². The highest BCUT2D eigenvalue weighted by Crippen LogP contribution is 2.30. The number of hydrogen-bond acceptors (Lipinski definition) is 7. The molecule has 11 nitrogen and oxygen atoms in total. The number of likely N-dealkylation sites (tertiary alicyclic amines) is 1. The Morgan fingerprint density at radius 1 is 1.04 bits per heavy atom. The minimum Gasteiger partial charge on any atom is -0.379 e. The van der Waals surface area contributed by atoms with Crippen LogP contribution >= 0.6 is 0 Å². The summed E-state index contributed by atoms with van der Waals surface area (Å²) >= 11 is 0. The van der Waals surface area contributed by atoms with Crippen LogP contribution in [-0.4, -0.2) is 111 Å². The first-order chi connectivity index (χ1) is 23.8. The molecule has 50 heavy (non-hydrogen) atoms. The van der Waals surface area contributed by atoms with Gasteiger partial charge in [-0.3, -0.25) is 19.2 Å². The zero-order chi connectivity index (χ0) is 37.0. The smallest absolute Gasteiger partial charge is 0.245 e. The zero-order valence-corrected chi connectivity index (χ0v) is 32.1. The van der Waals surface area contributed by atoms with Gasteiger partial charge in [-0.15, -0.1) is 0 Å². The molecule has 11 heteroatoms. The van der Waals surface area contributed by atoms with E-state index in [9.17, 15) is 19.2 Å². The molecule has 0 aromatic heterocycles. The van der Waals surface area contributed by atoms with Crippen LogP contribution < -0.4 is 16.0 Å². The van der Waals surface area contributed by atoms with Gasteiger partial charge >= 0.3 is 0 Å². The van der Waals surface area contributed by atoms with E-state index in [1.807, 2.05) is 56.9 Å². The second-order valence-corrected chi connectivity index (χ2v) is 15.2. The summed E-state index contributed by atoms with van der Waals surface area (Å²) in [5, 5.41) is 9.41. The van der Waals surface area contributed by atoms with Gasteiger partial charge in [-0.2, -0.15) is 0 Å². The summed E-state index contributed by atoms with van der Waals surface area (Å²) in [6.45, 7) is 14.3. The molecule has 8 atom stereocenters. The van der Waals surface area contributed by atoms with Crippen LogP contribution in [0.15, 0.2) is 36.5 Å². The van der Waals surface area contributed by atoms with Crippen LogP contribution in [0.25, 0.3) is 0 Å². The van der Waals surface area contributed by atoms with Gasteiger partial charge in [0.15, 0.2) is 0 Å². The van der Waals surface area contributed by atoms with E-state index in [0.29, 0.717) is 19.6 Å². The summed E-state index contributed by atoms with van der Waals surface area (Å²) in [5.41, 5.74) is -0.560. The Morgan fingerprint density at radius 3 is 2.28 bits per heavy atom. The topological polar surface area (TPSA) is 129 Å². The van der Waals surface area contributed by atoms with Crippen molar-refractivity contribution in [1.82, 2.24) is 25.8 Å². The molecule has 2 fully saturated rings. The molecule has 0 radical (unpaired) electrons. The Morgan fingerprint density at radius 2 is 1.72 bits per heavy atom. The molecule has 0 spiro atoms. The molecule has 282 valence electrons. The van der Waals surface area contributed by atoms with Crippen molar-refractivity contribution in [2.24, 2.45) is 29.1 Å². The second-order valence-electron chi connectivity index (χ2n) is 15.2. The maximum atomic E-state index is 14.1. The number of likely N-dealkylation sites (N-methyl/N-ethyl adjacent to an activating group) is 1. The van der Waals surface area contributed by atoms with Crippen molar-refractivity contribution in [2.75, 3.05) is 47.4 Å². The highest BCUT2D eigenvalue weighted by atomic mass is 16.5. The van der Waals surface area contributed by atoms with Gasteiger partial charge in [0.2, 0.25) is 23.6 Å². The number of methoxy groups -OCH3 is 2. The largest absolute Gasteiger partial charge is 0.379 e. The van der Waals surface area contributed by atoms with E-state index in [1.54, 1.807) is 26.2 Å². The minimum absolute atomic E-state index is 0.0202. The lowest BCUT2D eigenvalue weighted by Crippen LogP contribution is -2.59. The van der Waals surface area contributed by atoms with Crippen LogP contribution in [0.1, 0.15) is 80.1 Å². The van der Waals surface area contributed by atoms with E-state index in [2.05, 4.69) is 41.9 Å². The maximum absolute atomic E-state index is 14.1. The molecule has 3 aliphatic rings. The Bertz CT molecular complexity index is 1210. The Kier molecular flexibility index (Phi) is 16.2. The molecular weight excluding hydrogens is 634 g/mol. The third-order valence-corrected chi connectivity index (χ3v) is 11.2. The van der Waals surface area contributed by atoms with Crippen molar-refractivity contribution < 1.29 is 28.7 Å². The van der Waals surface area contributed by atoms with Crippen molar-refractivity contribution in [1.29, 1.82) is 0 Å². The number of allylic oxidation sites excluding steroid dienone is 6. The lowest BCUT2D eigenvalue weighted by atomic mass is 9.87. The molecule has 2 saturated heterocycles. The highest BCUT2D eigenvalue weighted by Gasteiger charge is 2.44. The van der Waals surface area contributed by atoms with E-state index >= 15 is 0 Å². The molecule has 3 N–H and O–H groups in total. The molecule has 0 aromatic carbocycles. The summed E-state index contributed by atoms with van der Waals surface area (Å²) in [6, 6.07) is -1.36. The van der Waals surface area contributed by atoms with Crippen molar-refractivity contribution in [3.8, 4) is 0 Å². The quantitative estimate of drug-likeness (QED) is 0.198. The molecule has 4 amide bonds. The van der Waals surface area contributed by atoms with Gasteiger partial charge in [-0.05, 0) is 56.9 Å². The predicted octanol–water partition coefficient (Wildman–Crippen LogP) is 3.85. The number of carbonyl (C=O) groups excluding carboxylic acids is 4. The summed E-state index contributed by atoms with van der Waals surface area (Å²) in [5.74, 6) is -0.797. The number of ether oxygens (including phenoxy) is 2. The van der Waals surface area contributed by atoms with Crippen LogP contribution in [0.5, 0.6) is 0 Å². The monoisotopic (exact) mass is 699 g/mol. The number of nitrogens with zero attached hydrogens (tertiary/aromatic N) is 2. The van der Waals surface area contributed by atoms with E-state index in [1.165, 1.54) is 0 Å². The molecule has 0 aromatic rings. The van der Waals surface area contributed by atoms with Crippen LogP contribution in [-0.2, 0) is 28.7 Å². The van der Waals surface area contributed by atoms with Crippen molar-refractivity contribution >= 4 is 23.6 Å². The number of hydrogen-bond donors (Lipinski definition) is 3. The predicted molar refractivity (Wildman–Crippen MR) is 197 cm³/mol. The number of nitrogens with one attached hydrogen (secondary N) is 3. The average molecular weight is 700 g/mol. The maximum Gasteiger partial charge on any atom is 0.245 e. The molecule has 0 bridgehead atoms. The van der Waals surface area contributed by atoms with Crippen LogP contribution in [0.2, 0.25) is 0 Å². The Hall–Kier alpha value is -3.02. The first kappa shape index (κ1) is 41.4. The molecule has 2 aliphatic heterocycles. The standard InChI is InChI=1S/C39H65N5O6/c1-10-27(4)34(43(7)37(47)33(26(2)3)42-38(48)39(6)20-22-40-25-39)31(49-8)24-32(45)44-23-15-18-30(44)35(50-9)28(5)36(46)41-21-19-29-16-13-11-12-14-17-29/h11-14,16-17,26-31,33-35,40H,10,15,18-25H2,1-9H3,(H,41,46)(H,42,48)/t27-,28+,30?,31+,33-,34-,35+,39-/m0/s1. The lowest BCUT2D eigenvalue weighted by Gasteiger charge is -2.41. The van der Waals surface area contributed by atoms with Crippen LogP contribution in [0.3, 0.4) is 0 Å². The summed E-state index contributed by atoms with van der Waals surface area (Å²) < 4.78 is 12.0. The summed E-state index contributed by atoms with van der Waals surface area (Å²) in [4.78, 5) is 58.4. The highest BCUT2D eigenvalue weighted by molar-refractivity contribution is 5.90. The SMILES string of the molecule is CC[C@H](C)[C@@H]([C@@H](CC(=O)N1CCCC1[C@H](OC)[C@@H](C)C(=O)NCCC1C=CC=CC=C1)OC)N(C)C(=O)[C@@H](NC(=O)[C@@]1(C)CCNC1)C(C)C. The van der Waals surface area contributed by atoms with Gasteiger partial charge in [0, 0.05) is 40.9 Å². The summed E-state index contributed by atoms with van der Waals surface area (Å²) in [7, 11) is 4.95. The Balaban J connectivity index is 1.70. The fourth-order valence-corrected chi connectivity index (χ4v) is 7.69. The van der Waals surface area contributed by atoms with Crippen LogP contribution in [0, 0.1) is 29.1 Å². The van der Waals surface area contributed by atoms with Crippen molar-refractivity contribution in [3.05, 3.63) is 36.5 Å². The second kappa shape index (κ2) is 19.6. The average Bonchev–Trinajstić information content (AvgIpc) is 3.69. The van der Waals surface area contributed by atoms with Gasteiger partial charge in [-0.1, -0.05) is 77.5 Å². The first-order valence-corrected chi connectivity index (χ1v) is 18.7. The van der Waals surface area contributed by atoms with E-state index < -0.39 is 35.6 Å². The summed E-state index contributed by atoms with van der Waals surface area (Å²) in [6.07, 6.45) is 15.2. The van der Waals surface area contributed by atoms with Gasteiger partial charge in [0.1, 0.15) is 6.04 Å². The molecule has 2 heterocycles. The number of carbonyl (C=O) groups is 4. The van der Waals surface area contributed by atoms with Gasteiger partial charge in [0.05, 0.1) is 42.0 Å². The number of rotatable bonds is 18. The normalized spacial score (nSPS) is 24.4. The molecule has 1 unspecified atom stereocenters. The minimum atomic E-state index is -0.708. The fraction of sp³-hybridized carbons (Fsp3) is 0.744. The molecule has 0 saturated carbocycles. The third-order valence-electron chi connectivity index (χ3n) is 11.2.